The van der Waals surface area contributed by atoms with Crippen LogP contribution in [0, 0.1) is 0 Å². The van der Waals surface area contributed by atoms with Crippen molar-refractivity contribution < 1.29 is 9.59 Å². The van der Waals surface area contributed by atoms with E-state index in [1.165, 1.54) is 25.9 Å². The van der Waals surface area contributed by atoms with Crippen molar-refractivity contribution in [3.63, 3.8) is 0 Å². The number of likely N-dealkylation sites (tertiary alicyclic amines) is 2. The van der Waals surface area contributed by atoms with E-state index < -0.39 is 0 Å². The molecule has 0 saturated carbocycles. The van der Waals surface area contributed by atoms with Gasteiger partial charge >= 0.3 is 6.03 Å². The lowest BCUT2D eigenvalue weighted by atomic mass is 10.1. The standard InChI is InChI=1S/C18H26N4O2/c1-19-17(23)15-6-4-5-14(11-15)12-20-18(24)22-10-7-16(13-22)21-8-2-3-9-21/h4-6,11,16H,2-3,7-10,12-13H2,1H3,(H,19,23)(H,20,24)/t16-/m1/s1. The summed E-state index contributed by atoms with van der Waals surface area (Å²) in [5.74, 6) is -0.115. The molecule has 0 unspecified atom stereocenters. The highest BCUT2D eigenvalue weighted by atomic mass is 16.2. The van der Waals surface area contributed by atoms with Crippen molar-refractivity contribution in [1.29, 1.82) is 0 Å². The monoisotopic (exact) mass is 330 g/mol. The number of benzene rings is 1. The van der Waals surface area contributed by atoms with Crippen molar-refractivity contribution in [3.05, 3.63) is 35.4 Å². The highest BCUT2D eigenvalue weighted by molar-refractivity contribution is 5.94. The van der Waals surface area contributed by atoms with E-state index in [4.69, 9.17) is 0 Å². The third kappa shape index (κ3) is 3.87. The van der Waals surface area contributed by atoms with Gasteiger partial charge in [-0.15, -0.1) is 0 Å². The molecule has 2 fully saturated rings. The Hall–Kier alpha value is -2.08. The Balaban J connectivity index is 1.50. The zero-order valence-electron chi connectivity index (χ0n) is 14.3. The van der Waals surface area contributed by atoms with E-state index in [1.54, 1.807) is 13.1 Å². The second-order valence-electron chi connectivity index (χ2n) is 6.57. The number of urea groups is 1. The zero-order chi connectivity index (χ0) is 16.9. The maximum atomic E-state index is 12.4. The number of hydrogen-bond acceptors (Lipinski definition) is 3. The number of amides is 3. The molecule has 6 heteroatoms. The summed E-state index contributed by atoms with van der Waals surface area (Å²) in [4.78, 5) is 28.5. The zero-order valence-corrected chi connectivity index (χ0v) is 14.3. The molecule has 0 spiro atoms. The van der Waals surface area contributed by atoms with E-state index in [2.05, 4.69) is 15.5 Å². The molecule has 0 radical (unpaired) electrons. The lowest BCUT2D eigenvalue weighted by Crippen LogP contribution is -2.41. The van der Waals surface area contributed by atoms with Gasteiger partial charge in [0.1, 0.15) is 0 Å². The van der Waals surface area contributed by atoms with E-state index in [0.29, 0.717) is 18.2 Å². The molecule has 0 aromatic heterocycles. The van der Waals surface area contributed by atoms with Crippen LogP contribution in [-0.2, 0) is 6.54 Å². The Bertz CT molecular complexity index is 598. The van der Waals surface area contributed by atoms with Crippen molar-refractivity contribution >= 4 is 11.9 Å². The number of nitrogens with zero attached hydrogens (tertiary/aromatic N) is 2. The maximum absolute atomic E-state index is 12.4. The summed E-state index contributed by atoms with van der Waals surface area (Å²) in [6.45, 7) is 4.43. The van der Waals surface area contributed by atoms with Crippen LogP contribution >= 0.6 is 0 Å². The third-order valence-corrected chi connectivity index (χ3v) is 4.97. The summed E-state index contributed by atoms with van der Waals surface area (Å²) in [5.41, 5.74) is 1.54. The first-order valence-corrected chi connectivity index (χ1v) is 8.75. The summed E-state index contributed by atoms with van der Waals surface area (Å²) >= 11 is 0. The first kappa shape index (κ1) is 16.8. The Morgan fingerprint density at radius 1 is 1.21 bits per heavy atom. The van der Waals surface area contributed by atoms with Gasteiger partial charge in [-0.2, -0.15) is 0 Å². The molecule has 2 saturated heterocycles. The summed E-state index contributed by atoms with van der Waals surface area (Å²) in [7, 11) is 1.61. The highest BCUT2D eigenvalue weighted by Gasteiger charge is 2.31. The van der Waals surface area contributed by atoms with E-state index in [9.17, 15) is 9.59 Å². The lowest BCUT2D eigenvalue weighted by molar-refractivity contribution is 0.0963. The van der Waals surface area contributed by atoms with Crippen LogP contribution < -0.4 is 10.6 Å². The van der Waals surface area contributed by atoms with Crippen LogP contribution in [0.4, 0.5) is 4.79 Å². The van der Waals surface area contributed by atoms with Crippen molar-refractivity contribution in [2.45, 2.75) is 31.8 Å². The summed E-state index contributed by atoms with van der Waals surface area (Å²) < 4.78 is 0. The molecule has 0 aliphatic carbocycles. The second kappa shape index (κ2) is 7.66. The topological polar surface area (TPSA) is 64.7 Å². The molecule has 2 N–H and O–H groups in total. The van der Waals surface area contributed by atoms with E-state index in [1.807, 2.05) is 23.1 Å². The largest absolute Gasteiger partial charge is 0.355 e. The highest BCUT2D eigenvalue weighted by Crippen LogP contribution is 2.20. The fourth-order valence-corrected chi connectivity index (χ4v) is 3.59. The van der Waals surface area contributed by atoms with Crippen molar-refractivity contribution in [2.75, 3.05) is 33.2 Å². The van der Waals surface area contributed by atoms with Crippen molar-refractivity contribution in [2.24, 2.45) is 0 Å². The first-order chi connectivity index (χ1) is 11.7. The Morgan fingerprint density at radius 3 is 2.75 bits per heavy atom. The van der Waals surface area contributed by atoms with Gasteiger partial charge in [-0.05, 0) is 50.0 Å². The van der Waals surface area contributed by atoms with Crippen LogP contribution in [0.2, 0.25) is 0 Å². The van der Waals surface area contributed by atoms with Gasteiger partial charge in [0.25, 0.3) is 5.91 Å². The second-order valence-corrected chi connectivity index (χ2v) is 6.57. The normalized spacial score (nSPS) is 21.0. The molecular weight excluding hydrogens is 304 g/mol. The Labute approximate surface area is 143 Å². The molecule has 2 aliphatic heterocycles. The minimum Gasteiger partial charge on any atom is -0.355 e. The van der Waals surface area contributed by atoms with E-state index in [-0.39, 0.29) is 11.9 Å². The summed E-state index contributed by atoms with van der Waals surface area (Å²) in [6, 6.07) is 7.85. The van der Waals surface area contributed by atoms with Gasteiger partial charge in [-0.3, -0.25) is 9.69 Å². The smallest absolute Gasteiger partial charge is 0.317 e. The molecule has 1 atom stereocenters. The molecule has 3 rings (SSSR count). The molecule has 1 aromatic rings. The first-order valence-electron chi connectivity index (χ1n) is 8.75. The molecule has 1 aromatic carbocycles. The number of rotatable bonds is 4. The van der Waals surface area contributed by atoms with Crippen LogP contribution in [0.25, 0.3) is 0 Å². The van der Waals surface area contributed by atoms with Crippen LogP contribution in [0.15, 0.2) is 24.3 Å². The minimum absolute atomic E-state index is 0.0120. The molecule has 24 heavy (non-hydrogen) atoms. The van der Waals surface area contributed by atoms with Crippen molar-refractivity contribution in [3.8, 4) is 0 Å². The lowest BCUT2D eigenvalue weighted by Gasteiger charge is -2.23. The predicted molar refractivity (Wildman–Crippen MR) is 92.9 cm³/mol. The minimum atomic E-state index is -0.115. The molecule has 2 aliphatic rings. The van der Waals surface area contributed by atoms with Gasteiger partial charge in [0, 0.05) is 38.3 Å². The van der Waals surface area contributed by atoms with Gasteiger partial charge in [-0.1, -0.05) is 12.1 Å². The van der Waals surface area contributed by atoms with Crippen LogP contribution in [0.1, 0.15) is 35.2 Å². The third-order valence-electron chi connectivity index (χ3n) is 4.97. The van der Waals surface area contributed by atoms with Gasteiger partial charge in [-0.25, -0.2) is 4.79 Å². The van der Waals surface area contributed by atoms with Crippen LogP contribution in [0.3, 0.4) is 0 Å². The molecule has 6 nitrogen and oxygen atoms in total. The Kier molecular flexibility index (Phi) is 5.35. The molecule has 3 amide bonds. The van der Waals surface area contributed by atoms with E-state index >= 15 is 0 Å². The molecular formula is C18H26N4O2. The number of nitrogens with one attached hydrogen (secondary N) is 2. The van der Waals surface area contributed by atoms with Gasteiger partial charge in [0.2, 0.25) is 0 Å². The van der Waals surface area contributed by atoms with Crippen molar-refractivity contribution in [1.82, 2.24) is 20.4 Å². The number of hydrogen-bond donors (Lipinski definition) is 2. The fourth-order valence-electron chi connectivity index (χ4n) is 3.59. The van der Waals surface area contributed by atoms with E-state index in [0.717, 1.165) is 25.1 Å². The Morgan fingerprint density at radius 2 is 2.00 bits per heavy atom. The SMILES string of the molecule is CNC(=O)c1cccc(CNC(=O)N2CC[C@@H](N3CCCC3)C2)c1. The van der Waals surface area contributed by atoms with Crippen LogP contribution in [-0.4, -0.2) is 61.0 Å². The van der Waals surface area contributed by atoms with Gasteiger partial charge in [0.05, 0.1) is 0 Å². The molecule has 0 bridgehead atoms. The summed E-state index contributed by atoms with van der Waals surface area (Å²) in [5, 5.41) is 5.58. The number of carbonyl (C=O) groups is 2. The fraction of sp³-hybridized carbons (Fsp3) is 0.556. The average Bonchev–Trinajstić information content (AvgIpc) is 3.30. The summed E-state index contributed by atoms with van der Waals surface area (Å²) in [6.07, 6.45) is 3.63. The predicted octanol–water partition coefficient (Wildman–Crippen LogP) is 1.43. The van der Waals surface area contributed by atoms with Gasteiger partial charge in [0.15, 0.2) is 0 Å². The van der Waals surface area contributed by atoms with Gasteiger partial charge < -0.3 is 15.5 Å². The number of carbonyl (C=O) groups excluding carboxylic acids is 2. The van der Waals surface area contributed by atoms with Crippen LogP contribution in [0.5, 0.6) is 0 Å². The quantitative estimate of drug-likeness (QED) is 0.878. The molecule has 2 heterocycles. The maximum Gasteiger partial charge on any atom is 0.317 e. The molecule has 130 valence electrons. The average molecular weight is 330 g/mol.